The fourth-order valence-corrected chi connectivity index (χ4v) is 3.10. The molecular weight excluding hydrogens is 272 g/mol. The molecule has 20 heavy (non-hydrogen) atoms. The molecule has 1 atom stereocenters. The summed E-state index contributed by atoms with van der Waals surface area (Å²) in [5.74, 6) is 1.03. The molecule has 1 saturated heterocycles. The highest BCUT2D eigenvalue weighted by Crippen LogP contribution is 2.19. The zero-order valence-electron chi connectivity index (χ0n) is 11.7. The van der Waals surface area contributed by atoms with Crippen LogP contribution in [-0.4, -0.2) is 53.5 Å². The van der Waals surface area contributed by atoms with E-state index < -0.39 is 0 Å². The van der Waals surface area contributed by atoms with Gasteiger partial charge in [0, 0.05) is 31.9 Å². The molecule has 1 fully saturated rings. The summed E-state index contributed by atoms with van der Waals surface area (Å²) >= 11 is 1.66. The summed E-state index contributed by atoms with van der Waals surface area (Å²) in [5.41, 5.74) is 1.24. The van der Waals surface area contributed by atoms with Crippen molar-refractivity contribution in [2.45, 2.75) is 17.9 Å². The minimum absolute atomic E-state index is 0.0435. The van der Waals surface area contributed by atoms with Gasteiger partial charge in [-0.2, -0.15) is 0 Å². The van der Waals surface area contributed by atoms with Crippen molar-refractivity contribution in [1.29, 1.82) is 0 Å². The lowest BCUT2D eigenvalue weighted by molar-refractivity contribution is -0.134. The second-order valence-electron chi connectivity index (χ2n) is 4.91. The lowest BCUT2D eigenvalue weighted by Crippen LogP contribution is -2.50. The zero-order valence-corrected chi connectivity index (χ0v) is 12.5. The molecule has 1 aliphatic rings. The van der Waals surface area contributed by atoms with Gasteiger partial charge in [-0.3, -0.25) is 9.59 Å². The first-order chi connectivity index (χ1) is 9.70. The third-order valence-electron chi connectivity index (χ3n) is 3.47. The summed E-state index contributed by atoms with van der Waals surface area (Å²) < 4.78 is 0. The Kier molecular flexibility index (Phi) is 5.47. The predicted octanol–water partition coefficient (Wildman–Crippen LogP) is 1.61. The highest BCUT2D eigenvalue weighted by molar-refractivity contribution is 7.99. The maximum absolute atomic E-state index is 12.3. The maximum atomic E-state index is 12.3. The minimum atomic E-state index is -0.0435. The quantitative estimate of drug-likeness (QED) is 0.774. The Hall–Kier alpha value is -1.49. The smallest absolute Gasteiger partial charge is 0.235 e. The highest BCUT2D eigenvalue weighted by Gasteiger charge is 2.24. The summed E-state index contributed by atoms with van der Waals surface area (Å²) in [4.78, 5) is 26.5. The summed E-state index contributed by atoms with van der Waals surface area (Å²) in [6.07, 6.45) is 0.857. The van der Waals surface area contributed by atoms with E-state index >= 15 is 0 Å². The molecular formula is C15H20N2O2S. The van der Waals surface area contributed by atoms with E-state index in [0.29, 0.717) is 26.2 Å². The topological polar surface area (TPSA) is 40.6 Å². The third kappa shape index (κ3) is 4.00. The van der Waals surface area contributed by atoms with E-state index in [-0.39, 0.29) is 11.2 Å². The van der Waals surface area contributed by atoms with Gasteiger partial charge in [0.2, 0.25) is 12.3 Å². The minimum Gasteiger partial charge on any atom is -0.342 e. The SMILES string of the molecule is C[C@H](SCc1ccccc1)C(=O)N1CCN(C=O)CC1. The molecule has 1 heterocycles. The molecule has 2 rings (SSSR count). The first-order valence-electron chi connectivity index (χ1n) is 6.84. The van der Waals surface area contributed by atoms with Crippen LogP contribution in [0.4, 0.5) is 0 Å². The average molecular weight is 292 g/mol. The van der Waals surface area contributed by atoms with Crippen molar-refractivity contribution >= 4 is 24.1 Å². The number of hydrogen-bond donors (Lipinski definition) is 0. The number of thioether (sulfide) groups is 1. The highest BCUT2D eigenvalue weighted by atomic mass is 32.2. The van der Waals surface area contributed by atoms with Crippen LogP contribution in [-0.2, 0) is 15.3 Å². The van der Waals surface area contributed by atoms with Crippen LogP contribution in [0.5, 0.6) is 0 Å². The van der Waals surface area contributed by atoms with Gasteiger partial charge in [0.15, 0.2) is 0 Å². The second-order valence-corrected chi connectivity index (χ2v) is 6.23. The van der Waals surface area contributed by atoms with Gasteiger partial charge in [-0.05, 0) is 12.5 Å². The van der Waals surface area contributed by atoms with Crippen LogP contribution in [0.1, 0.15) is 12.5 Å². The van der Waals surface area contributed by atoms with E-state index in [1.165, 1.54) is 5.56 Å². The molecule has 1 aliphatic heterocycles. The first kappa shape index (κ1) is 14.9. The fraction of sp³-hybridized carbons (Fsp3) is 0.467. The molecule has 0 saturated carbocycles. The number of nitrogens with zero attached hydrogens (tertiary/aromatic N) is 2. The van der Waals surface area contributed by atoms with E-state index in [4.69, 9.17) is 0 Å². The molecule has 0 bridgehead atoms. The van der Waals surface area contributed by atoms with Crippen LogP contribution in [0.15, 0.2) is 30.3 Å². The summed E-state index contributed by atoms with van der Waals surface area (Å²) in [5, 5.41) is -0.0435. The normalized spacial score (nSPS) is 16.9. The van der Waals surface area contributed by atoms with Crippen LogP contribution in [0.2, 0.25) is 0 Å². The number of carbonyl (C=O) groups is 2. The van der Waals surface area contributed by atoms with Gasteiger partial charge >= 0.3 is 0 Å². The Balaban J connectivity index is 1.79. The number of hydrogen-bond acceptors (Lipinski definition) is 3. The Bertz CT molecular complexity index is 444. The Labute approximate surface area is 124 Å². The molecule has 2 amide bonds. The van der Waals surface area contributed by atoms with Crippen molar-refractivity contribution in [3.05, 3.63) is 35.9 Å². The van der Waals surface area contributed by atoms with Crippen molar-refractivity contribution in [3.8, 4) is 0 Å². The van der Waals surface area contributed by atoms with E-state index in [0.717, 1.165) is 12.2 Å². The molecule has 0 aromatic heterocycles. The van der Waals surface area contributed by atoms with Crippen LogP contribution >= 0.6 is 11.8 Å². The van der Waals surface area contributed by atoms with E-state index in [1.807, 2.05) is 30.0 Å². The van der Waals surface area contributed by atoms with Gasteiger partial charge in [0.05, 0.1) is 5.25 Å². The van der Waals surface area contributed by atoms with Crippen molar-refractivity contribution < 1.29 is 9.59 Å². The van der Waals surface area contributed by atoms with Crippen molar-refractivity contribution in [1.82, 2.24) is 9.80 Å². The zero-order chi connectivity index (χ0) is 14.4. The lowest BCUT2D eigenvalue weighted by Gasteiger charge is -2.33. The molecule has 1 aromatic carbocycles. The van der Waals surface area contributed by atoms with Crippen LogP contribution < -0.4 is 0 Å². The van der Waals surface area contributed by atoms with Crippen molar-refractivity contribution in [2.75, 3.05) is 26.2 Å². The standard InChI is InChI=1S/C15H20N2O2S/c1-13(20-11-14-5-3-2-4-6-14)15(19)17-9-7-16(12-18)8-10-17/h2-6,12-13H,7-11H2,1H3/t13-/m0/s1. The van der Waals surface area contributed by atoms with Crippen LogP contribution in [0.3, 0.4) is 0 Å². The number of amides is 2. The van der Waals surface area contributed by atoms with Crippen molar-refractivity contribution in [3.63, 3.8) is 0 Å². The van der Waals surface area contributed by atoms with Gasteiger partial charge in [-0.25, -0.2) is 0 Å². The monoisotopic (exact) mass is 292 g/mol. The summed E-state index contributed by atoms with van der Waals surface area (Å²) in [7, 11) is 0. The van der Waals surface area contributed by atoms with Crippen LogP contribution in [0.25, 0.3) is 0 Å². The van der Waals surface area contributed by atoms with Gasteiger partial charge in [0.25, 0.3) is 0 Å². The maximum Gasteiger partial charge on any atom is 0.235 e. The van der Waals surface area contributed by atoms with E-state index in [2.05, 4.69) is 12.1 Å². The molecule has 0 unspecified atom stereocenters. The molecule has 4 nitrogen and oxygen atoms in total. The van der Waals surface area contributed by atoms with Crippen molar-refractivity contribution in [2.24, 2.45) is 0 Å². The molecule has 5 heteroatoms. The first-order valence-corrected chi connectivity index (χ1v) is 7.89. The summed E-state index contributed by atoms with van der Waals surface area (Å²) in [6.45, 7) is 4.54. The van der Waals surface area contributed by atoms with Gasteiger partial charge in [0.1, 0.15) is 0 Å². The van der Waals surface area contributed by atoms with E-state index in [1.54, 1.807) is 16.7 Å². The number of benzene rings is 1. The Morgan fingerprint density at radius 3 is 2.50 bits per heavy atom. The lowest BCUT2D eigenvalue weighted by atomic mass is 10.2. The number of piperazine rings is 1. The Morgan fingerprint density at radius 2 is 1.90 bits per heavy atom. The summed E-state index contributed by atoms with van der Waals surface area (Å²) in [6, 6.07) is 10.2. The second kappa shape index (κ2) is 7.33. The largest absolute Gasteiger partial charge is 0.342 e. The Morgan fingerprint density at radius 1 is 1.25 bits per heavy atom. The van der Waals surface area contributed by atoms with Crippen LogP contribution in [0, 0.1) is 0 Å². The predicted molar refractivity (Wildman–Crippen MR) is 81.4 cm³/mol. The van der Waals surface area contributed by atoms with Gasteiger partial charge in [-0.15, -0.1) is 11.8 Å². The van der Waals surface area contributed by atoms with Gasteiger partial charge in [-0.1, -0.05) is 30.3 Å². The number of carbonyl (C=O) groups excluding carboxylic acids is 2. The third-order valence-corrected chi connectivity index (χ3v) is 4.67. The number of rotatable bonds is 5. The van der Waals surface area contributed by atoms with Gasteiger partial charge < -0.3 is 9.80 Å². The molecule has 0 radical (unpaired) electrons. The van der Waals surface area contributed by atoms with E-state index in [9.17, 15) is 9.59 Å². The molecule has 0 spiro atoms. The molecule has 108 valence electrons. The molecule has 0 aliphatic carbocycles. The molecule has 1 aromatic rings. The molecule has 0 N–H and O–H groups in total. The average Bonchev–Trinajstić information content (AvgIpc) is 2.53. The fourth-order valence-electron chi connectivity index (χ4n) is 2.17.